The van der Waals surface area contributed by atoms with E-state index in [1.807, 2.05) is 6.07 Å². The molecule has 0 saturated carbocycles. The number of ether oxygens (including phenoxy) is 5. The molecule has 1 unspecified atom stereocenters. The van der Waals surface area contributed by atoms with Crippen LogP contribution >= 0.6 is 11.6 Å². The molecule has 2 aromatic carbocycles. The van der Waals surface area contributed by atoms with Crippen molar-refractivity contribution >= 4 is 23.5 Å². The number of carbonyl (C=O) groups is 2. The van der Waals surface area contributed by atoms with Gasteiger partial charge >= 0.3 is 5.97 Å². The van der Waals surface area contributed by atoms with E-state index in [0.717, 1.165) is 5.56 Å². The van der Waals surface area contributed by atoms with E-state index in [1.54, 1.807) is 12.1 Å². The summed E-state index contributed by atoms with van der Waals surface area (Å²) in [6.07, 6.45) is -0.995. The largest absolute Gasteiger partial charge is 0.454 e. The Balaban J connectivity index is 1.34. The van der Waals surface area contributed by atoms with Gasteiger partial charge in [0.15, 0.2) is 29.1 Å². The zero-order valence-electron chi connectivity index (χ0n) is 14.8. The van der Waals surface area contributed by atoms with Gasteiger partial charge in [0.25, 0.3) is 5.91 Å². The number of carbonyl (C=O) groups excluding carboxylic acids is 2. The lowest BCUT2D eigenvalue weighted by atomic mass is 10.2. The average Bonchev–Trinajstić information content (AvgIpc) is 3.34. The first kappa shape index (κ1) is 18.2. The van der Waals surface area contributed by atoms with Crippen molar-refractivity contribution in [3.05, 3.63) is 46.5 Å². The molecule has 0 spiro atoms. The Bertz CT molecular complexity index is 946. The Kier molecular flexibility index (Phi) is 4.87. The average molecular weight is 406 g/mol. The Morgan fingerprint density at radius 2 is 1.82 bits per heavy atom. The quantitative estimate of drug-likeness (QED) is 0.764. The number of hydrogen-bond acceptors (Lipinski definition) is 7. The third-order valence-corrected chi connectivity index (χ3v) is 4.50. The number of nitrogens with one attached hydrogen (secondary N) is 1. The Hall–Kier alpha value is -3.13. The van der Waals surface area contributed by atoms with Gasteiger partial charge in [-0.3, -0.25) is 4.79 Å². The molecule has 1 atom stereocenters. The highest BCUT2D eigenvalue weighted by atomic mass is 35.5. The van der Waals surface area contributed by atoms with E-state index >= 15 is 0 Å². The molecule has 9 heteroatoms. The minimum atomic E-state index is -0.995. The fraction of sp³-hybridized carbons (Fsp3) is 0.263. The predicted molar refractivity (Wildman–Crippen MR) is 96.9 cm³/mol. The molecule has 2 aliphatic heterocycles. The normalized spacial score (nSPS) is 14.5. The van der Waals surface area contributed by atoms with Crippen LogP contribution in [0.2, 0.25) is 5.02 Å². The second-order valence-corrected chi connectivity index (χ2v) is 6.55. The third-order valence-electron chi connectivity index (χ3n) is 4.22. The summed E-state index contributed by atoms with van der Waals surface area (Å²) < 4.78 is 26.2. The molecule has 2 aromatic rings. The summed E-state index contributed by atoms with van der Waals surface area (Å²) in [5.74, 6) is 0.918. The van der Waals surface area contributed by atoms with E-state index in [9.17, 15) is 9.59 Å². The van der Waals surface area contributed by atoms with Crippen molar-refractivity contribution in [1.29, 1.82) is 0 Å². The van der Waals surface area contributed by atoms with Crippen molar-refractivity contribution in [3.63, 3.8) is 0 Å². The van der Waals surface area contributed by atoms with Gasteiger partial charge < -0.3 is 29.0 Å². The lowest BCUT2D eigenvalue weighted by molar-refractivity contribution is -0.129. The highest BCUT2D eigenvalue weighted by molar-refractivity contribution is 6.32. The minimum absolute atomic E-state index is 0.0339. The predicted octanol–water partition coefficient (Wildman–Crippen LogP) is 2.66. The van der Waals surface area contributed by atoms with Gasteiger partial charge in [-0.15, -0.1) is 0 Å². The molecule has 0 radical (unpaired) electrons. The molecule has 0 fully saturated rings. The van der Waals surface area contributed by atoms with Gasteiger partial charge in [-0.2, -0.15) is 0 Å². The van der Waals surface area contributed by atoms with Gasteiger partial charge in [0, 0.05) is 6.54 Å². The van der Waals surface area contributed by atoms with Gasteiger partial charge in [-0.25, -0.2) is 4.79 Å². The first-order valence-electron chi connectivity index (χ1n) is 8.47. The fourth-order valence-electron chi connectivity index (χ4n) is 2.75. The molecule has 0 aromatic heterocycles. The number of fused-ring (bicyclic) bond motifs is 2. The van der Waals surface area contributed by atoms with Gasteiger partial charge in [-0.1, -0.05) is 17.7 Å². The number of benzene rings is 2. The Morgan fingerprint density at radius 1 is 1.07 bits per heavy atom. The van der Waals surface area contributed by atoms with Gasteiger partial charge in [-0.05, 0) is 36.8 Å². The van der Waals surface area contributed by atoms with Gasteiger partial charge in [0.2, 0.25) is 13.6 Å². The molecule has 1 amide bonds. The maximum absolute atomic E-state index is 12.3. The van der Waals surface area contributed by atoms with Crippen LogP contribution in [0.1, 0.15) is 22.8 Å². The van der Waals surface area contributed by atoms with Crippen LogP contribution in [0.25, 0.3) is 0 Å². The molecule has 4 rings (SSSR count). The summed E-state index contributed by atoms with van der Waals surface area (Å²) >= 11 is 6.06. The van der Waals surface area contributed by atoms with Gasteiger partial charge in [0.05, 0.1) is 10.6 Å². The topological polar surface area (TPSA) is 92.3 Å². The van der Waals surface area contributed by atoms with Gasteiger partial charge in [0.1, 0.15) is 0 Å². The second-order valence-electron chi connectivity index (χ2n) is 6.14. The summed E-state index contributed by atoms with van der Waals surface area (Å²) in [6, 6.07) is 8.26. The molecule has 2 aliphatic rings. The molecular formula is C19H16ClNO7. The van der Waals surface area contributed by atoms with E-state index in [0.29, 0.717) is 23.0 Å². The molecule has 2 heterocycles. The van der Waals surface area contributed by atoms with Crippen LogP contribution in [-0.2, 0) is 16.1 Å². The van der Waals surface area contributed by atoms with Crippen LogP contribution in [0.3, 0.4) is 0 Å². The minimum Gasteiger partial charge on any atom is -0.454 e. The lowest BCUT2D eigenvalue weighted by Crippen LogP contribution is -2.35. The standard InChI is InChI=1S/C19H16ClNO7/c1-10(18(22)21-7-11-2-3-14-15(4-11)25-8-24-14)28-19(23)12-5-13(20)17-16(6-12)26-9-27-17/h2-6,10H,7-9H2,1H3,(H,21,22). The van der Waals surface area contributed by atoms with Crippen molar-refractivity contribution in [2.24, 2.45) is 0 Å². The van der Waals surface area contributed by atoms with E-state index in [-0.39, 0.29) is 30.7 Å². The molecule has 0 aliphatic carbocycles. The lowest BCUT2D eigenvalue weighted by Gasteiger charge is -2.14. The van der Waals surface area contributed by atoms with Crippen molar-refractivity contribution in [1.82, 2.24) is 5.32 Å². The molecule has 8 nitrogen and oxygen atoms in total. The molecule has 1 N–H and O–H groups in total. The Labute approximate surface area is 165 Å². The van der Waals surface area contributed by atoms with Crippen LogP contribution in [-0.4, -0.2) is 31.6 Å². The monoisotopic (exact) mass is 405 g/mol. The van der Waals surface area contributed by atoms with E-state index in [4.69, 9.17) is 35.3 Å². The van der Waals surface area contributed by atoms with Crippen molar-refractivity contribution in [3.8, 4) is 23.0 Å². The number of esters is 1. The fourth-order valence-corrected chi connectivity index (χ4v) is 3.02. The first-order valence-corrected chi connectivity index (χ1v) is 8.85. The van der Waals surface area contributed by atoms with Crippen LogP contribution in [0.15, 0.2) is 30.3 Å². The first-order chi connectivity index (χ1) is 13.5. The van der Waals surface area contributed by atoms with Crippen molar-refractivity contribution in [2.45, 2.75) is 19.6 Å². The Morgan fingerprint density at radius 3 is 2.68 bits per heavy atom. The summed E-state index contributed by atoms with van der Waals surface area (Å²) in [6.45, 7) is 1.96. The van der Waals surface area contributed by atoms with Crippen LogP contribution < -0.4 is 24.3 Å². The van der Waals surface area contributed by atoms with Crippen molar-refractivity contribution in [2.75, 3.05) is 13.6 Å². The van der Waals surface area contributed by atoms with Crippen LogP contribution in [0.4, 0.5) is 0 Å². The van der Waals surface area contributed by atoms with E-state index in [2.05, 4.69) is 5.32 Å². The summed E-state index contributed by atoms with van der Waals surface area (Å²) in [4.78, 5) is 24.6. The molecule has 0 saturated heterocycles. The zero-order chi connectivity index (χ0) is 19.7. The zero-order valence-corrected chi connectivity index (χ0v) is 15.6. The molecule has 28 heavy (non-hydrogen) atoms. The number of amides is 1. The molecule has 0 bridgehead atoms. The van der Waals surface area contributed by atoms with Crippen molar-refractivity contribution < 1.29 is 33.3 Å². The third kappa shape index (κ3) is 3.63. The number of halogens is 1. The van der Waals surface area contributed by atoms with E-state index < -0.39 is 18.0 Å². The van der Waals surface area contributed by atoms with Crippen LogP contribution in [0, 0.1) is 0 Å². The SMILES string of the molecule is CC(OC(=O)c1cc(Cl)c2c(c1)OCO2)C(=O)NCc1ccc2c(c1)OCO2. The summed E-state index contributed by atoms with van der Waals surface area (Å²) in [5, 5.41) is 2.95. The smallest absolute Gasteiger partial charge is 0.339 e. The maximum Gasteiger partial charge on any atom is 0.339 e. The summed E-state index contributed by atoms with van der Waals surface area (Å²) in [5.41, 5.74) is 1.00. The highest BCUT2D eigenvalue weighted by Gasteiger charge is 2.24. The number of hydrogen-bond donors (Lipinski definition) is 1. The summed E-state index contributed by atoms with van der Waals surface area (Å²) in [7, 11) is 0. The van der Waals surface area contributed by atoms with E-state index in [1.165, 1.54) is 19.1 Å². The highest BCUT2D eigenvalue weighted by Crippen LogP contribution is 2.40. The second kappa shape index (κ2) is 7.47. The van der Waals surface area contributed by atoms with Crippen LogP contribution in [0.5, 0.6) is 23.0 Å². The molecular weight excluding hydrogens is 390 g/mol. The number of rotatable bonds is 5. The maximum atomic E-state index is 12.3. The molecule has 146 valence electrons.